The summed E-state index contributed by atoms with van der Waals surface area (Å²) in [5.74, 6) is -0.526. The molecule has 2 fully saturated rings. The summed E-state index contributed by atoms with van der Waals surface area (Å²) < 4.78 is 40.1. The lowest BCUT2D eigenvalue weighted by Gasteiger charge is -2.37. The van der Waals surface area contributed by atoms with Crippen LogP contribution >= 0.6 is 0 Å². The van der Waals surface area contributed by atoms with Crippen LogP contribution in [0.5, 0.6) is 0 Å². The summed E-state index contributed by atoms with van der Waals surface area (Å²) >= 11 is 0. The van der Waals surface area contributed by atoms with Crippen molar-refractivity contribution in [3.8, 4) is 0 Å². The van der Waals surface area contributed by atoms with Crippen molar-refractivity contribution in [3.63, 3.8) is 0 Å². The molecule has 3 amide bonds. The number of amides is 3. The number of urea groups is 1. The van der Waals surface area contributed by atoms with Crippen LogP contribution in [0.25, 0.3) is 0 Å². The van der Waals surface area contributed by atoms with Crippen LogP contribution in [-0.2, 0) is 25.8 Å². The van der Waals surface area contributed by atoms with Crippen LogP contribution in [0.1, 0.15) is 31.4 Å². The Kier molecular flexibility index (Phi) is 6.66. The molecule has 2 aromatic carbocycles. The molecule has 7 nitrogen and oxygen atoms in total. The molecule has 0 bridgehead atoms. The average molecular weight is 488 g/mol. The highest BCUT2D eigenvalue weighted by Gasteiger charge is 2.52. The van der Waals surface area contributed by atoms with Gasteiger partial charge < -0.3 is 14.7 Å². The van der Waals surface area contributed by atoms with Gasteiger partial charge in [0, 0.05) is 46.2 Å². The second kappa shape index (κ2) is 9.37. The number of piperazine rings is 1. The number of carbonyl (C=O) groups is 2. The van der Waals surface area contributed by atoms with Gasteiger partial charge >= 0.3 is 6.03 Å². The van der Waals surface area contributed by atoms with Crippen molar-refractivity contribution in [2.75, 3.05) is 39.3 Å². The molecule has 0 aliphatic carbocycles. The van der Waals surface area contributed by atoms with E-state index < -0.39 is 20.4 Å². The maximum Gasteiger partial charge on any atom is 0.320 e. The molecule has 0 unspecified atom stereocenters. The molecule has 0 N–H and O–H groups in total. The zero-order valence-electron chi connectivity index (χ0n) is 19.5. The van der Waals surface area contributed by atoms with Gasteiger partial charge in [-0.15, -0.1) is 0 Å². The number of hydrogen-bond donors (Lipinski definition) is 0. The fourth-order valence-corrected chi connectivity index (χ4v) is 6.93. The third-order valence-corrected chi connectivity index (χ3v) is 9.51. The molecule has 9 heteroatoms. The van der Waals surface area contributed by atoms with Gasteiger partial charge in [-0.3, -0.25) is 4.79 Å². The minimum atomic E-state index is -3.94. The van der Waals surface area contributed by atoms with Crippen LogP contribution in [0.2, 0.25) is 0 Å². The van der Waals surface area contributed by atoms with Crippen LogP contribution in [-0.4, -0.2) is 74.3 Å². The van der Waals surface area contributed by atoms with Crippen molar-refractivity contribution >= 4 is 21.8 Å². The number of rotatable bonds is 4. The molecule has 4 rings (SSSR count). The monoisotopic (exact) mass is 487 g/mol. The zero-order valence-corrected chi connectivity index (χ0v) is 20.4. The largest absolute Gasteiger partial charge is 0.339 e. The second-order valence-electron chi connectivity index (χ2n) is 8.95. The number of benzene rings is 2. The zero-order chi connectivity index (χ0) is 24.5. The number of nitrogens with zero attached hydrogens (tertiary/aromatic N) is 3. The molecule has 2 aromatic rings. The van der Waals surface area contributed by atoms with Gasteiger partial charge in [0.1, 0.15) is 10.6 Å². The predicted molar refractivity (Wildman–Crippen MR) is 126 cm³/mol. The van der Waals surface area contributed by atoms with E-state index in [4.69, 9.17) is 0 Å². The van der Waals surface area contributed by atoms with E-state index in [1.807, 2.05) is 31.2 Å². The number of aryl methyl sites for hydroxylation is 1. The highest BCUT2D eigenvalue weighted by Crippen LogP contribution is 2.43. The lowest BCUT2D eigenvalue weighted by Crippen LogP contribution is -2.54. The molecule has 182 valence electrons. The first kappa shape index (κ1) is 24.2. The fraction of sp³-hybridized carbons (Fsp3) is 0.440. The van der Waals surface area contributed by atoms with Crippen molar-refractivity contribution in [1.29, 1.82) is 0 Å². The van der Waals surface area contributed by atoms with Crippen LogP contribution < -0.4 is 0 Å². The average Bonchev–Trinajstić information content (AvgIpc) is 3.31. The Labute approximate surface area is 200 Å². The fourth-order valence-electron chi connectivity index (χ4n) is 4.85. The Morgan fingerprint density at radius 2 is 1.47 bits per heavy atom. The summed E-state index contributed by atoms with van der Waals surface area (Å²) in [6, 6.07) is 12.2. The second-order valence-corrected chi connectivity index (χ2v) is 11.2. The summed E-state index contributed by atoms with van der Waals surface area (Å²) in [5, 5.41) is 0. The van der Waals surface area contributed by atoms with Gasteiger partial charge in [0.25, 0.3) is 0 Å². The van der Waals surface area contributed by atoms with E-state index in [1.165, 1.54) is 19.1 Å². The third kappa shape index (κ3) is 4.29. The third-order valence-electron chi connectivity index (χ3n) is 7.02. The summed E-state index contributed by atoms with van der Waals surface area (Å²) in [7, 11) is -3.94. The van der Waals surface area contributed by atoms with Crippen LogP contribution in [0.15, 0.2) is 53.4 Å². The van der Waals surface area contributed by atoms with Crippen LogP contribution in [0.4, 0.5) is 9.18 Å². The van der Waals surface area contributed by atoms with Gasteiger partial charge in [0.2, 0.25) is 5.91 Å². The molecule has 0 spiro atoms. The topological polar surface area (TPSA) is 78.0 Å². The lowest BCUT2D eigenvalue weighted by atomic mass is 9.96. The van der Waals surface area contributed by atoms with Crippen molar-refractivity contribution in [2.24, 2.45) is 0 Å². The molecule has 2 saturated heterocycles. The minimum Gasteiger partial charge on any atom is -0.339 e. The Morgan fingerprint density at radius 1 is 0.882 bits per heavy atom. The van der Waals surface area contributed by atoms with Gasteiger partial charge in [-0.2, -0.15) is 0 Å². The lowest BCUT2D eigenvalue weighted by molar-refractivity contribution is -0.130. The Hall–Kier alpha value is -2.94. The molecule has 0 radical (unpaired) electrons. The molecule has 2 aliphatic rings. The normalized spacial score (nSPS) is 21.1. The first-order valence-corrected chi connectivity index (χ1v) is 13.1. The highest BCUT2D eigenvalue weighted by molar-refractivity contribution is 7.92. The SMILES string of the molecule is CCc1ccc([C@]2(S(=O)(=O)c3ccc(F)cc3)CCN(C(=O)N3CCN(C(C)=O)CC3)C2)cc1. The van der Waals surface area contributed by atoms with E-state index >= 15 is 0 Å². The molecule has 2 aliphatic heterocycles. The summed E-state index contributed by atoms with van der Waals surface area (Å²) in [5.41, 5.74) is 1.72. The van der Waals surface area contributed by atoms with E-state index in [1.54, 1.807) is 14.7 Å². The first-order chi connectivity index (χ1) is 16.2. The molecule has 0 saturated carbocycles. The van der Waals surface area contributed by atoms with E-state index in [0.29, 0.717) is 38.3 Å². The smallest absolute Gasteiger partial charge is 0.320 e. The van der Waals surface area contributed by atoms with E-state index in [0.717, 1.165) is 24.1 Å². The molecule has 34 heavy (non-hydrogen) atoms. The predicted octanol–water partition coefficient (Wildman–Crippen LogP) is 3.05. The number of likely N-dealkylation sites (tertiary alicyclic amines) is 1. The summed E-state index contributed by atoms with van der Waals surface area (Å²) in [4.78, 5) is 29.9. The standard InChI is InChI=1S/C25H30FN3O4S/c1-3-20-4-6-21(7-5-20)25(34(32,33)23-10-8-22(26)9-11-23)12-13-29(18-25)24(31)28-16-14-27(15-17-28)19(2)30/h4-11H,3,12-18H2,1-2H3/t25-/m0/s1. The van der Waals surface area contributed by atoms with Gasteiger partial charge in [0.05, 0.1) is 4.90 Å². The molecular weight excluding hydrogens is 457 g/mol. The van der Waals surface area contributed by atoms with Crippen molar-refractivity contribution < 1.29 is 22.4 Å². The molecular formula is C25H30FN3O4S. The maximum absolute atomic E-state index is 14.0. The van der Waals surface area contributed by atoms with Gasteiger partial charge in [-0.05, 0) is 48.2 Å². The Morgan fingerprint density at radius 3 is 2.03 bits per heavy atom. The first-order valence-electron chi connectivity index (χ1n) is 11.6. The summed E-state index contributed by atoms with van der Waals surface area (Å²) in [6.45, 7) is 5.61. The highest BCUT2D eigenvalue weighted by atomic mass is 32.2. The Balaban J connectivity index is 1.65. The van der Waals surface area contributed by atoms with Gasteiger partial charge in [0.15, 0.2) is 9.84 Å². The summed E-state index contributed by atoms with van der Waals surface area (Å²) in [6.07, 6.45) is 1.08. The van der Waals surface area contributed by atoms with Gasteiger partial charge in [-0.1, -0.05) is 31.2 Å². The molecule has 1 atom stereocenters. The van der Waals surface area contributed by atoms with E-state index in [2.05, 4.69) is 0 Å². The minimum absolute atomic E-state index is 0.0178. The number of hydrogen-bond acceptors (Lipinski definition) is 4. The maximum atomic E-state index is 14.0. The van der Waals surface area contributed by atoms with Crippen LogP contribution in [0.3, 0.4) is 0 Å². The number of sulfone groups is 1. The number of carbonyl (C=O) groups excluding carboxylic acids is 2. The Bertz CT molecular complexity index is 1160. The number of halogens is 1. The van der Waals surface area contributed by atoms with E-state index in [9.17, 15) is 22.4 Å². The van der Waals surface area contributed by atoms with Crippen molar-refractivity contribution in [3.05, 3.63) is 65.5 Å². The van der Waals surface area contributed by atoms with Crippen molar-refractivity contribution in [2.45, 2.75) is 36.3 Å². The van der Waals surface area contributed by atoms with Crippen LogP contribution in [0, 0.1) is 5.82 Å². The van der Waals surface area contributed by atoms with E-state index in [-0.39, 0.29) is 29.8 Å². The quantitative estimate of drug-likeness (QED) is 0.621. The molecule has 0 aromatic heterocycles. The van der Waals surface area contributed by atoms with Gasteiger partial charge in [-0.25, -0.2) is 17.6 Å². The molecule has 2 heterocycles. The van der Waals surface area contributed by atoms with Crippen molar-refractivity contribution in [1.82, 2.24) is 14.7 Å².